The number of hydrogen-bond acceptors (Lipinski definition) is 3. The van der Waals surface area contributed by atoms with Gasteiger partial charge in [0.15, 0.2) is 5.82 Å². The normalized spacial score (nSPS) is 13.8. The lowest BCUT2D eigenvalue weighted by atomic mass is 9.87. The average molecular weight is 702 g/mol. The predicted octanol–water partition coefficient (Wildman–Crippen LogP) is 8.98. The molecule has 0 unspecified atom stereocenters. The summed E-state index contributed by atoms with van der Waals surface area (Å²) in [6, 6.07) is 10.3. The molecule has 0 radical (unpaired) electrons. The first-order chi connectivity index (χ1) is 20.8. The van der Waals surface area contributed by atoms with Crippen LogP contribution < -0.4 is 10.2 Å². The van der Waals surface area contributed by atoms with Crippen molar-refractivity contribution < 1.29 is 44.7 Å². The van der Waals surface area contributed by atoms with Gasteiger partial charge in [0, 0.05) is 22.1 Å². The molecule has 3 aromatic rings. The minimum absolute atomic E-state index is 0.0839. The van der Waals surface area contributed by atoms with Gasteiger partial charge in [-0.25, -0.2) is 8.78 Å². The van der Waals surface area contributed by atoms with Gasteiger partial charge in [0.05, 0.1) is 28.6 Å². The molecule has 1 aliphatic carbocycles. The summed E-state index contributed by atoms with van der Waals surface area (Å²) in [4.78, 5) is 28.1. The molecule has 0 atom stereocenters. The van der Waals surface area contributed by atoms with Crippen LogP contribution in [-0.2, 0) is 5.67 Å². The number of anilines is 2. The second-order valence-corrected chi connectivity index (χ2v) is 11.6. The van der Waals surface area contributed by atoms with E-state index >= 15 is 4.39 Å². The molecule has 3 aromatic carbocycles. The van der Waals surface area contributed by atoms with Crippen LogP contribution >= 0.6 is 15.9 Å². The Morgan fingerprint density at radius 3 is 2.11 bits per heavy atom. The van der Waals surface area contributed by atoms with E-state index in [4.69, 9.17) is 5.26 Å². The average Bonchev–Trinajstić information content (AvgIpc) is 3.78. The van der Waals surface area contributed by atoms with Crippen molar-refractivity contribution >= 4 is 39.1 Å². The van der Waals surface area contributed by atoms with E-state index in [0.29, 0.717) is 11.1 Å². The highest BCUT2D eigenvalue weighted by Gasteiger charge is 2.74. The Hall–Kier alpha value is -3.99. The zero-order valence-electron chi connectivity index (χ0n) is 23.9. The smallest absolute Gasteiger partial charge is 0.321 e. The highest BCUT2D eigenvalue weighted by atomic mass is 79.9. The molecule has 0 bridgehead atoms. The molecule has 1 saturated carbocycles. The van der Waals surface area contributed by atoms with Crippen LogP contribution in [0.2, 0.25) is 0 Å². The number of carbonyl (C=O) groups is 2. The number of aryl methyl sites for hydroxylation is 1. The van der Waals surface area contributed by atoms with E-state index in [1.807, 2.05) is 6.07 Å². The summed E-state index contributed by atoms with van der Waals surface area (Å²) < 4.78 is 111. The fourth-order valence-electron chi connectivity index (χ4n) is 4.91. The second-order valence-electron chi connectivity index (χ2n) is 10.8. The first-order valence-electron chi connectivity index (χ1n) is 13.4. The minimum Gasteiger partial charge on any atom is -0.321 e. The lowest BCUT2D eigenvalue weighted by molar-refractivity contribution is -0.348. The van der Waals surface area contributed by atoms with Gasteiger partial charge in [-0.3, -0.25) is 9.59 Å². The fourth-order valence-corrected chi connectivity index (χ4v) is 5.53. The van der Waals surface area contributed by atoms with Crippen LogP contribution in [0.5, 0.6) is 0 Å². The molecule has 5 nitrogen and oxygen atoms in total. The van der Waals surface area contributed by atoms with Crippen LogP contribution in [0, 0.1) is 43.8 Å². The van der Waals surface area contributed by atoms with Crippen LogP contribution in [-0.4, -0.2) is 30.7 Å². The number of alkyl halides is 7. The molecular weight excluding hydrogens is 678 g/mol. The lowest BCUT2D eigenvalue weighted by Crippen LogP contribution is -2.51. The Morgan fingerprint density at radius 1 is 0.956 bits per heavy atom. The quantitative estimate of drug-likeness (QED) is 0.250. The summed E-state index contributed by atoms with van der Waals surface area (Å²) in [7, 11) is 0. The predicted molar refractivity (Wildman–Crippen MR) is 153 cm³/mol. The summed E-state index contributed by atoms with van der Waals surface area (Å²) in [6.45, 7) is 3.67. The van der Waals surface area contributed by atoms with E-state index in [-0.39, 0.29) is 41.0 Å². The van der Waals surface area contributed by atoms with Crippen molar-refractivity contribution in [2.24, 2.45) is 5.92 Å². The van der Waals surface area contributed by atoms with E-state index in [9.17, 15) is 40.3 Å². The summed E-state index contributed by atoms with van der Waals surface area (Å²) >= 11 is 2.83. The van der Waals surface area contributed by atoms with Crippen molar-refractivity contribution in [3.63, 3.8) is 0 Å². The molecular formula is C31H24BrF8N3O2. The van der Waals surface area contributed by atoms with Gasteiger partial charge in [0.1, 0.15) is 0 Å². The fraction of sp³-hybridized carbons (Fsp3) is 0.323. The van der Waals surface area contributed by atoms with E-state index in [2.05, 4.69) is 21.2 Å². The van der Waals surface area contributed by atoms with Gasteiger partial charge in [-0.15, -0.1) is 0 Å². The number of hydrogen-bond donors (Lipinski definition) is 1. The first-order valence-corrected chi connectivity index (χ1v) is 14.2. The summed E-state index contributed by atoms with van der Waals surface area (Å²) in [5.74, 6) is -2.72. The van der Waals surface area contributed by atoms with E-state index in [1.54, 1.807) is 6.92 Å². The zero-order valence-corrected chi connectivity index (χ0v) is 25.4. The second kappa shape index (κ2) is 12.1. The summed E-state index contributed by atoms with van der Waals surface area (Å²) in [5.41, 5.74) is -8.60. The lowest BCUT2D eigenvalue weighted by Gasteiger charge is -2.32. The van der Waals surface area contributed by atoms with Gasteiger partial charge >= 0.3 is 18.0 Å². The summed E-state index contributed by atoms with van der Waals surface area (Å²) in [6.07, 6.45) is -11.1. The molecule has 0 aliphatic heterocycles. The number of nitrogens with zero attached hydrogens (tertiary/aromatic N) is 2. The maximum atomic E-state index is 16.0. The largest absolute Gasteiger partial charge is 0.435 e. The van der Waals surface area contributed by atoms with Crippen molar-refractivity contribution in [3.8, 4) is 6.07 Å². The molecule has 2 amide bonds. The molecule has 238 valence electrons. The Kier molecular flexibility index (Phi) is 9.09. The molecule has 0 heterocycles. The third-order valence-corrected chi connectivity index (χ3v) is 8.35. The first kappa shape index (κ1) is 33.9. The highest BCUT2D eigenvalue weighted by molar-refractivity contribution is 9.10. The number of halogens is 9. The number of nitrogens with one attached hydrogen (secondary N) is 1. The maximum absolute atomic E-state index is 16.0. The number of carbonyl (C=O) groups excluding carboxylic acids is 2. The van der Waals surface area contributed by atoms with Crippen LogP contribution in [0.25, 0.3) is 0 Å². The van der Waals surface area contributed by atoms with Crippen LogP contribution in [0.1, 0.15) is 61.4 Å². The van der Waals surface area contributed by atoms with Crippen molar-refractivity contribution in [2.75, 3.05) is 16.8 Å². The van der Waals surface area contributed by atoms with E-state index < -0.39 is 56.8 Å². The monoisotopic (exact) mass is 701 g/mol. The van der Waals surface area contributed by atoms with E-state index in [0.717, 1.165) is 32.8 Å². The molecule has 1 aliphatic rings. The molecule has 4 rings (SSSR count). The van der Waals surface area contributed by atoms with Gasteiger partial charge < -0.3 is 10.2 Å². The van der Waals surface area contributed by atoms with Gasteiger partial charge in [-0.05, 0) is 109 Å². The number of amides is 2. The van der Waals surface area contributed by atoms with Crippen LogP contribution in [0.15, 0.2) is 46.9 Å². The van der Waals surface area contributed by atoms with Gasteiger partial charge in [0.25, 0.3) is 11.8 Å². The molecule has 0 spiro atoms. The Bertz CT molecular complexity index is 1710. The molecule has 1 fully saturated rings. The van der Waals surface area contributed by atoms with Crippen molar-refractivity contribution in [1.29, 1.82) is 5.26 Å². The third-order valence-electron chi connectivity index (χ3n) is 7.72. The number of rotatable bonds is 7. The summed E-state index contributed by atoms with van der Waals surface area (Å²) in [5, 5.41) is 11.4. The molecule has 0 aromatic heterocycles. The van der Waals surface area contributed by atoms with Crippen molar-refractivity contribution in [2.45, 2.75) is 51.6 Å². The van der Waals surface area contributed by atoms with Gasteiger partial charge in [-0.1, -0.05) is 6.07 Å². The number of nitriles is 1. The molecule has 14 heteroatoms. The minimum atomic E-state index is -6.35. The van der Waals surface area contributed by atoms with Crippen LogP contribution in [0.3, 0.4) is 0 Å². The Labute approximate surface area is 261 Å². The molecule has 0 saturated heterocycles. The Balaban J connectivity index is 1.73. The van der Waals surface area contributed by atoms with E-state index in [1.165, 1.54) is 35.2 Å². The molecule has 1 N–H and O–H groups in total. The SMILES string of the molecule is Cc1cc(C#N)ccc1C(=O)N(CC1CC1)c1cccc(C(=O)Nc2c(Br)cc(C(F)(C(F)(F)F)C(F)(F)F)c(C)c2C)c1F. The molecule has 45 heavy (non-hydrogen) atoms. The third kappa shape index (κ3) is 6.27. The van der Waals surface area contributed by atoms with Crippen molar-refractivity contribution in [3.05, 3.63) is 91.7 Å². The topological polar surface area (TPSA) is 73.2 Å². The van der Waals surface area contributed by atoms with Gasteiger partial charge in [-0.2, -0.15) is 31.6 Å². The maximum Gasteiger partial charge on any atom is 0.435 e. The van der Waals surface area contributed by atoms with Gasteiger partial charge in [0.2, 0.25) is 0 Å². The highest BCUT2D eigenvalue weighted by Crippen LogP contribution is 2.55. The number of benzene rings is 3. The Morgan fingerprint density at radius 2 is 1.58 bits per heavy atom. The van der Waals surface area contributed by atoms with Crippen LogP contribution in [0.4, 0.5) is 46.5 Å². The van der Waals surface area contributed by atoms with Crippen molar-refractivity contribution in [1.82, 2.24) is 0 Å². The zero-order chi connectivity index (χ0) is 33.6. The standard InChI is InChI=1S/C31H24BrF8N3O2/c1-15-11-19(13-41)9-10-20(15)28(45)43(14-18-7-8-18)24-6-4-5-21(25(24)33)27(44)42-26-17(3)16(2)22(12-23(26)32)29(34,30(35,36)37)31(38,39)40/h4-6,9-12,18H,7-8,14H2,1-3H3,(H,42,44).